The molecule has 21 heavy (non-hydrogen) atoms. The van der Waals surface area contributed by atoms with E-state index in [2.05, 4.69) is 0 Å². The van der Waals surface area contributed by atoms with Crippen LogP contribution in [0.25, 0.3) is 0 Å². The van der Waals surface area contributed by atoms with Crippen LogP contribution in [0.4, 0.5) is 5.69 Å². The second-order valence-electron chi connectivity index (χ2n) is 5.10. The number of benzene rings is 1. The lowest BCUT2D eigenvalue weighted by molar-refractivity contribution is -0.384. The fraction of sp³-hybridized carbons (Fsp3) is 0.500. The van der Waals surface area contributed by atoms with Crippen LogP contribution in [0.15, 0.2) is 18.2 Å². The van der Waals surface area contributed by atoms with Crippen molar-refractivity contribution >= 4 is 34.2 Å². The fourth-order valence-corrected chi connectivity index (χ4v) is 2.90. The Hall–Kier alpha value is -1.22. The van der Waals surface area contributed by atoms with Gasteiger partial charge in [-0.15, -0.1) is 0 Å². The Morgan fingerprint density at radius 3 is 2.90 bits per heavy atom. The Kier molecular flexibility index (Phi) is 5.51. The molecule has 6 nitrogen and oxygen atoms in total. The molecule has 1 heterocycles. The third-order valence-electron chi connectivity index (χ3n) is 3.49. The number of likely N-dealkylation sites (N-methyl/N-ethyl adjacent to an activating group) is 1. The molecular weight excluding hydrogens is 387 g/mol. The van der Waals surface area contributed by atoms with Crippen LogP contribution in [0.3, 0.4) is 0 Å². The van der Waals surface area contributed by atoms with Gasteiger partial charge < -0.3 is 9.64 Å². The minimum absolute atomic E-state index is 0.0593. The first-order valence-electron chi connectivity index (χ1n) is 6.80. The van der Waals surface area contributed by atoms with Gasteiger partial charge in [0.1, 0.15) is 0 Å². The Morgan fingerprint density at radius 1 is 1.52 bits per heavy atom. The second kappa shape index (κ2) is 7.17. The molecule has 1 fully saturated rings. The van der Waals surface area contributed by atoms with Gasteiger partial charge in [0.15, 0.2) is 0 Å². The van der Waals surface area contributed by atoms with E-state index in [9.17, 15) is 14.9 Å². The van der Waals surface area contributed by atoms with Crippen molar-refractivity contribution in [2.45, 2.75) is 25.4 Å². The summed E-state index contributed by atoms with van der Waals surface area (Å²) in [6, 6.07) is 4.34. The number of amides is 1. The lowest BCUT2D eigenvalue weighted by atomic mass is 10.1. The third kappa shape index (κ3) is 4.13. The number of ether oxygens (including phenoxy) is 1. The molecule has 1 saturated heterocycles. The van der Waals surface area contributed by atoms with Gasteiger partial charge in [-0.3, -0.25) is 14.9 Å². The molecule has 1 atom stereocenters. The molecule has 0 aliphatic carbocycles. The number of hydrogen-bond donors (Lipinski definition) is 0. The summed E-state index contributed by atoms with van der Waals surface area (Å²) < 4.78 is 6.33. The molecule has 0 radical (unpaired) electrons. The maximum absolute atomic E-state index is 12.5. The molecule has 1 aliphatic rings. The molecule has 0 saturated carbocycles. The highest BCUT2D eigenvalue weighted by Crippen LogP contribution is 2.21. The van der Waals surface area contributed by atoms with E-state index in [4.69, 9.17) is 4.74 Å². The van der Waals surface area contributed by atoms with E-state index in [1.165, 1.54) is 12.1 Å². The zero-order valence-corrected chi connectivity index (χ0v) is 13.9. The minimum atomic E-state index is -0.489. The molecule has 7 heteroatoms. The Morgan fingerprint density at radius 2 is 2.29 bits per heavy atom. The topological polar surface area (TPSA) is 72.7 Å². The van der Waals surface area contributed by atoms with Crippen molar-refractivity contribution in [3.63, 3.8) is 0 Å². The van der Waals surface area contributed by atoms with Crippen molar-refractivity contribution in [1.82, 2.24) is 4.90 Å². The third-order valence-corrected chi connectivity index (χ3v) is 4.43. The SMILES string of the molecule is CN(CC1CCCCO1)C(=O)c1cc([N+](=O)[O-])ccc1I. The number of nitrogens with zero attached hydrogens (tertiary/aromatic N) is 2. The van der Waals surface area contributed by atoms with Gasteiger partial charge in [0, 0.05) is 35.9 Å². The van der Waals surface area contributed by atoms with Gasteiger partial charge in [-0.1, -0.05) is 0 Å². The van der Waals surface area contributed by atoms with Crippen molar-refractivity contribution in [2.24, 2.45) is 0 Å². The van der Waals surface area contributed by atoms with E-state index < -0.39 is 4.92 Å². The highest BCUT2D eigenvalue weighted by Gasteiger charge is 2.22. The summed E-state index contributed by atoms with van der Waals surface area (Å²) >= 11 is 2.02. The minimum Gasteiger partial charge on any atom is -0.376 e. The number of carbonyl (C=O) groups is 1. The molecule has 0 spiro atoms. The van der Waals surface area contributed by atoms with Gasteiger partial charge in [0.25, 0.3) is 11.6 Å². The van der Waals surface area contributed by atoms with Crippen LogP contribution in [0.1, 0.15) is 29.6 Å². The van der Waals surface area contributed by atoms with Gasteiger partial charge in [-0.05, 0) is 47.9 Å². The Labute approximate surface area is 136 Å². The lowest BCUT2D eigenvalue weighted by Crippen LogP contribution is -2.37. The molecule has 0 bridgehead atoms. The molecule has 2 rings (SSSR count). The van der Waals surface area contributed by atoms with Crippen molar-refractivity contribution in [3.05, 3.63) is 37.4 Å². The zero-order chi connectivity index (χ0) is 15.4. The molecule has 1 aromatic rings. The van der Waals surface area contributed by atoms with Crippen LogP contribution in [0, 0.1) is 13.7 Å². The summed E-state index contributed by atoms with van der Waals surface area (Å²) in [4.78, 5) is 24.4. The van der Waals surface area contributed by atoms with Crippen LogP contribution in [-0.4, -0.2) is 42.0 Å². The average molecular weight is 404 g/mol. The Balaban J connectivity index is 2.10. The number of hydrogen-bond acceptors (Lipinski definition) is 4. The van der Waals surface area contributed by atoms with E-state index in [1.54, 1.807) is 18.0 Å². The first-order chi connectivity index (χ1) is 9.99. The molecule has 114 valence electrons. The number of rotatable bonds is 4. The van der Waals surface area contributed by atoms with Crippen molar-refractivity contribution in [2.75, 3.05) is 20.2 Å². The monoisotopic (exact) mass is 404 g/mol. The first kappa shape index (κ1) is 16.2. The van der Waals surface area contributed by atoms with Crippen LogP contribution in [0.5, 0.6) is 0 Å². The van der Waals surface area contributed by atoms with Crippen molar-refractivity contribution in [3.8, 4) is 0 Å². The van der Waals surface area contributed by atoms with E-state index in [0.29, 0.717) is 15.7 Å². The molecular formula is C14H17IN2O4. The summed E-state index contributed by atoms with van der Waals surface area (Å²) in [5.74, 6) is -0.211. The summed E-state index contributed by atoms with van der Waals surface area (Å²) in [7, 11) is 1.70. The van der Waals surface area contributed by atoms with Crippen molar-refractivity contribution < 1.29 is 14.5 Å². The predicted molar refractivity (Wildman–Crippen MR) is 86.4 cm³/mol. The van der Waals surface area contributed by atoms with Crippen molar-refractivity contribution in [1.29, 1.82) is 0 Å². The second-order valence-corrected chi connectivity index (χ2v) is 6.26. The number of nitro groups is 1. The van der Waals surface area contributed by atoms with E-state index in [1.807, 2.05) is 22.6 Å². The number of halogens is 1. The van der Waals surface area contributed by atoms with Crippen LogP contribution < -0.4 is 0 Å². The van der Waals surface area contributed by atoms with Crippen LogP contribution >= 0.6 is 22.6 Å². The quantitative estimate of drug-likeness (QED) is 0.440. The zero-order valence-electron chi connectivity index (χ0n) is 11.8. The molecule has 1 aliphatic heterocycles. The Bertz CT molecular complexity index is 544. The van der Waals surface area contributed by atoms with E-state index >= 15 is 0 Å². The smallest absolute Gasteiger partial charge is 0.270 e. The molecule has 0 N–H and O–H groups in total. The number of nitro benzene ring substituents is 1. The largest absolute Gasteiger partial charge is 0.376 e. The number of carbonyl (C=O) groups excluding carboxylic acids is 1. The molecule has 1 unspecified atom stereocenters. The summed E-state index contributed by atoms with van der Waals surface area (Å²) in [5.41, 5.74) is 0.296. The maximum atomic E-state index is 12.5. The van der Waals surface area contributed by atoms with Crippen LogP contribution in [0.2, 0.25) is 0 Å². The highest BCUT2D eigenvalue weighted by molar-refractivity contribution is 14.1. The number of non-ortho nitro benzene ring substituents is 1. The van der Waals surface area contributed by atoms with Gasteiger partial charge >= 0.3 is 0 Å². The standard InChI is InChI=1S/C14H17IN2O4/c1-16(9-11-4-2-3-7-21-11)14(18)12-8-10(17(19)20)5-6-13(12)15/h5-6,8,11H,2-4,7,9H2,1H3. The van der Waals surface area contributed by atoms with E-state index in [0.717, 1.165) is 25.9 Å². The fourth-order valence-electron chi connectivity index (χ4n) is 2.34. The van der Waals surface area contributed by atoms with Gasteiger partial charge in [0.05, 0.1) is 16.6 Å². The molecule has 1 amide bonds. The van der Waals surface area contributed by atoms with E-state index in [-0.39, 0.29) is 17.7 Å². The van der Waals surface area contributed by atoms with Gasteiger partial charge in [-0.2, -0.15) is 0 Å². The predicted octanol–water partition coefficient (Wildman–Crippen LogP) is 2.84. The molecule has 1 aromatic carbocycles. The van der Waals surface area contributed by atoms with Gasteiger partial charge in [0.2, 0.25) is 0 Å². The maximum Gasteiger partial charge on any atom is 0.270 e. The summed E-state index contributed by atoms with van der Waals surface area (Å²) in [6.07, 6.45) is 3.19. The normalized spacial score (nSPS) is 18.3. The first-order valence-corrected chi connectivity index (χ1v) is 7.88. The summed E-state index contributed by atoms with van der Waals surface area (Å²) in [6.45, 7) is 1.25. The highest BCUT2D eigenvalue weighted by atomic mass is 127. The van der Waals surface area contributed by atoms with Gasteiger partial charge in [-0.25, -0.2) is 0 Å². The van der Waals surface area contributed by atoms with Crippen LogP contribution in [-0.2, 0) is 4.74 Å². The molecule has 0 aromatic heterocycles. The lowest BCUT2D eigenvalue weighted by Gasteiger charge is -2.27. The average Bonchev–Trinajstić information content (AvgIpc) is 2.47. The summed E-state index contributed by atoms with van der Waals surface area (Å²) in [5, 5.41) is 10.8.